The Hall–Kier alpha value is -2.38. The van der Waals surface area contributed by atoms with Crippen molar-refractivity contribution in [3.8, 4) is 0 Å². The highest BCUT2D eigenvalue weighted by atomic mass is 35.5. The molecule has 0 radical (unpaired) electrons. The van der Waals surface area contributed by atoms with Crippen LogP contribution < -0.4 is 10.6 Å². The number of ether oxygens (including phenoxy) is 1. The molecule has 0 aromatic heterocycles. The molecule has 0 spiro atoms. The molecule has 0 bridgehead atoms. The summed E-state index contributed by atoms with van der Waals surface area (Å²) in [4.78, 5) is 26.4. The maximum absolute atomic E-state index is 13.2. The van der Waals surface area contributed by atoms with Crippen molar-refractivity contribution < 1.29 is 18.7 Å². The molecule has 8 heteroatoms. The van der Waals surface area contributed by atoms with Gasteiger partial charge in [-0.1, -0.05) is 23.8 Å². The summed E-state index contributed by atoms with van der Waals surface area (Å²) in [6.45, 7) is 6.88. The lowest BCUT2D eigenvalue weighted by atomic mass is 10.00. The molecule has 2 amide bonds. The first-order chi connectivity index (χ1) is 14.6. The van der Waals surface area contributed by atoms with Gasteiger partial charge in [-0.3, -0.25) is 4.79 Å². The molecule has 1 aromatic carbocycles. The zero-order valence-electron chi connectivity index (χ0n) is 18.1. The van der Waals surface area contributed by atoms with Gasteiger partial charge in [0, 0.05) is 37.3 Å². The predicted molar refractivity (Wildman–Crippen MR) is 118 cm³/mol. The summed E-state index contributed by atoms with van der Waals surface area (Å²) in [7, 11) is 0. The molecule has 1 fully saturated rings. The number of piperidine rings is 1. The van der Waals surface area contributed by atoms with Gasteiger partial charge in [0.25, 0.3) is 5.91 Å². The van der Waals surface area contributed by atoms with Crippen LogP contribution in [-0.4, -0.2) is 47.7 Å². The Balaban J connectivity index is 1.47. The van der Waals surface area contributed by atoms with Gasteiger partial charge >= 0.3 is 6.09 Å². The van der Waals surface area contributed by atoms with Gasteiger partial charge in [0.2, 0.25) is 0 Å². The molecule has 2 aliphatic rings. The Labute approximate surface area is 187 Å². The predicted octanol–water partition coefficient (Wildman–Crippen LogP) is 4.41. The summed E-state index contributed by atoms with van der Waals surface area (Å²) in [5.41, 5.74) is 0.499. The van der Waals surface area contributed by atoms with Gasteiger partial charge in [-0.25, -0.2) is 9.18 Å². The molecule has 1 heterocycles. The smallest absolute Gasteiger partial charge is 0.410 e. The normalized spacial score (nSPS) is 19.7. The van der Waals surface area contributed by atoms with Crippen LogP contribution in [0.1, 0.15) is 50.4 Å². The topological polar surface area (TPSA) is 70.7 Å². The Morgan fingerprint density at radius 1 is 1.23 bits per heavy atom. The lowest BCUT2D eigenvalue weighted by Crippen LogP contribution is -2.49. The van der Waals surface area contributed by atoms with Gasteiger partial charge in [-0.05, 0) is 57.9 Å². The van der Waals surface area contributed by atoms with Crippen molar-refractivity contribution >= 4 is 23.6 Å². The van der Waals surface area contributed by atoms with E-state index in [-0.39, 0.29) is 34.7 Å². The van der Waals surface area contributed by atoms with E-state index in [9.17, 15) is 14.0 Å². The lowest BCUT2D eigenvalue weighted by molar-refractivity contribution is 0.0197. The van der Waals surface area contributed by atoms with Crippen molar-refractivity contribution in [2.24, 2.45) is 0 Å². The van der Waals surface area contributed by atoms with Crippen molar-refractivity contribution in [2.75, 3.05) is 13.1 Å². The summed E-state index contributed by atoms with van der Waals surface area (Å²) in [5, 5.41) is 6.53. The van der Waals surface area contributed by atoms with E-state index in [1.165, 1.54) is 12.1 Å². The van der Waals surface area contributed by atoms with Gasteiger partial charge < -0.3 is 20.3 Å². The molecule has 3 rings (SSSR count). The van der Waals surface area contributed by atoms with Crippen LogP contribution in [0.2, 0.25) is 5.02 Å². The number of carbonyl (C=O) groups is 2. The van der Waals surface area contributed by atoms with E-state index >= 15 is 0 Å². The summed E-state index contributed by atoms with van der Waals surface area (Å²) in [6, 6.07) is 4.06. The minimum Gasteiger partial charge on any atom is -0.444 e. The number of amides is 2. The van der Waals surface area contributed by atoms with Crippen LogP contribution in [0.25, 0.3) is 0 Å². The van der Waals surface area contributed by atoms with E-state index in [0.29, 0.717) is 19.5 Å². The van der Waals surface area contributed by atoms with E-state index in [0.717, 1.165) is 24.6 Å². The lowest BCUT2D eigenvalue weighted by Gasteiger charge is -2.35. The SMILES string of the molecule is CC(C)(C)OC(=O)N1CCC(NC2C=CC=C(NC(=O)c3ccc(F)cc3Cl)C2)CC1. The molecular weight excluding hydrogens is 421 g/mol. The number of carbonyl (C=O) groups excluding carboxylic acids is 2. The van der Waals surface area contributed by atoms with Gasteiger partial charge in [0.15, 0.2) is 0 Å². The quantitative estimate of drug-likeness (QED) is 0.714. The fourth-order valence-corrected chi connectivity index (χ4v) is 3.88. The van der Waals surface area contributed by atoms with Gasteiger partial charge in [0.05, 0.1) is 10.6 Å². The van der Waals surface area contributed by atoms with E-state index in [1.54, 1.807) is 4.90 Å². The van der Waals surface area contributed by atoms with Crippen molar-refractivity contribution in [1.82, 2.24) is 15.5 Å². The number of allylic oxidation sites excluding steroid dienone is 2. The Morgan fingerprint density at radius 3 is 2.58 bits per heavy atom. The summed E-state index contributed by atoms with van der Waals surface area (Å²) in [5.74, 6) is -0.848. The average Bonchev–Trinajstić information content (AvgIpc) is 2.67. The molecule has 1 aliphatic carbocycles. The van der Waals surface area contributed by atoms with Gasteiger partial charge in [-0.2, -0.15) is 0 Å². The van der Waals surface area contributed by atoms with Crippen molar-refractivity contribution in [3.63, 3.8) is 0 Å². The Bertz CT molecular complexity index is 887. The number of nitrogens with zero attached hydrogens (tertiary/aromatic N) is 1. The molecule has 1 aliphatic heterocycles. The van der Waals surface area contributed by atoms with E-state index in [2.05, 4.69) is 16.7 Å². The molecule has 168 valence electrons. The highest BCUT2D eigenvalue weighted by molar-refractivity contribution is 6.33. The first kappa shape index (κ1) is 23.3. The van der Waals surface area contributed by atoms with Gasteiger partial charge in [-0.15, -0.1) is 0 Å². The zero-order chi connectivity index (χ0) is 22.6. The molecule has 0 saturated carbocycles. The molecular formula is C23H29ClFN3O3. The average molecular weight is 450 g/mol. The van der Waals surface area contributed by atoms with Crippen LogP contribution >= 0.6 is 11.6 Å². The second kappa shape index (κ2) is 9.83. The van der Waals surface area contributed by atoms with Crippen LogP contribution in [-0.2, 0) is 4.74 Å². The number of nitrogens with one attached hydrogen (secondary N) is 2. The molecule has 31 heavy (non-hydrogen) atoms. The minimum atomic E-state index is -0.496. The number of likely N-dealkylation sites (tertiary alicyclic amines) is 1. The highest BCUT2D eigenvalue weighted by Gasteiger charge is 2.28. The molecule has 1 saturated heterocycles. The largest absolute Gasteiger partial charge is 0.444 e. The standard InChI is InChI=1S/C23H29ClFN3O3/c1-23(2,3)31-22(30)28-11-9-16(10-12-28)26-17-5-4-6-18(14-17)27-21(29)19-8-7-15(25)13-20(19)24/h4-8,13,16-17,26H,9-12,14H2,1-3H3,(H,27,29). The minimum absolute atomic E-state index is 0.0714. The summed E-state index contributed by atoms with van der Waals surface area (Å²) >= 11 is 5.99. The Morgan fingerprint density at radius 2 is 1.94 bits per heavy atom. The zero-order valence-corrected chi connectivity index (χ0v) is 18.8. The number of benzene rings is 1. The maximum Gasteiger partial charge on any atom is 0.410 e. The molecule has 1 unspecified atom stereocenters. The summed E-state index contributed by atoms with van der Waals surface area (Å²) in [6.07, 6.45) is 7.82. The van der Waals surface area contributed by atoms with Crippen LogP contribution in [0, 0.1) is 5.82 Å². The summed E-state index contributed by atoms with van der Waals surface area (Å²) < 4.78 is 18.7. The van der Waals surface area contributed by atoms with Crippen LogP contribution in [0.15, 0.2) is 42.1 Å². The van der Waals surface area contributed by atoms with Crippen molar-refractivity contribution in [3.05, 3.63) is 58.5 Å². The monoisotopic (exact) mass is 449 g/mol. The van der Waals surface area contributed by atoms with Crippen LogP contribution in [0.5, 0.6) is 0 Å². The molecule has 1 atom stereocenters. The molecule has 1 aromatic rings. The molecule has 2 N–H and O–H groups in total. The van der Waals surface area contributed by atoms with Gasteiger partial charge in [0.1, 0.15) is 11.4 Å². The Kier molecular flexibility index (Phi) is 7.38. The van der Waals surface area contributed by atoms with E-state index in [4.69, 9.17) is 16.3 Å². The number of hydrogen-bond acceptors (Lipinski definition) is 4. The molecule has 6 nitrogen and oxygen atoms in total. The third-order valence-electron chi connectivity index (χ3n) is 5.13. The van der Waals surface area contributed by atoms with E-state index < -0.39 is 11.4 Å². The first-order valence-electron chi connectivity index (χ1n) is 10.5. The van der Waals surface area contributed by atoms with Crippen molar-refractivity contribution in [1.29, 1.82) is 0 Å². The second-order valence-electron chi connectivity index (χ2n) is 8.87. The fourth-order valence-electron chi connectivity index (χ4n) is 3.63. The van der Waals surface area contributed by atoms with Crippen LogP contribution in [0.3, 0.4) is 0 Å². The highest BCUT2D eigenvalue weighted by Crippen LogP contribution is 2.20. The number of rotatable bonds is 4. The first-order valence-corrected chi connectivity index (χ1v) is 10.9. The fraction of sp³-hybridized carbons (Fsp3) is 0.478. The van der Waals surface area contributed by atoms with Crippen LogP contribution in [0.4, 0.5) is 9.18 Å². The second-order valence-corrected chi connectivity index (χ2v) is 9.28. The van der Waals surface area contributed by atoms with E-state index in [1.807, 2.05) is 32.9 Å². The third kappa shape index (κ3) is 6.80. The number of halogens is 2. The third-order valence-corrected chi connectivity index (χ3v) is 5.44. The maximum atomic E-state index is 13.2. The van der Waals surface area contributed by atoms with Crippen molar-refractivity contribution in [2.45, 2.75) is 57.7 Å². The number of hydrogen-bond donors (Lipinski definition) is 2.